The van der Waals surface area contributed by atoms with Crippen molar-refractivity contribution >= 4 is 91.7 Å². The van der Waals surface area contributed by atoms with Gasteiger partial charge in [-0.3, -0.25) is 0 Å². The second-order valence-corrected chi connectivity index (χ2v) is 15.2. The normalized spacial score (nSPS) is 11.7. The quantitative estimate of drug-likeness (QED) is 0.161. The highest BCUT2D eigenvalue weighted by Crippen LogP contribution is 2.47. The van der Waals surface area contributed by atoms with Crippen LogP contribution in [0.2, 0.25) is 0 Å². The summed E-state index contributed by atoms with van der Waals surface area (Å²) in [6.45, 7) is 0. The summed E-state index contributed by atoms with van der Waals surface area (Å²) in [4.78, 5) is 2.38. The lowest BCUT2D eigenvalue weighted by Gasteiger charge is -2.26. The van der Waals surface area contributed by atoms with Gasteiger partial charge in [-0.05, 0) is 126 Å². The van der Waals surface area contributed by atoms with E-state index in [1.165, 1.54) is 85.5 Å². The van der Waals surface area contributed by atoms with Crippen LogP contribution in [0.1, 0.15) is 0 Å². The third kappa shape index (κ3) is 5.07. The van der Waals surface area contributed by atoms with Crippen LogP contribution in [0.25, 0.3) is 85.5 Å². The maximum atomic E-state index is 2.41. The average molecular weight is 704 g/mol. The number of fused-ring (bicyclic) bond motifs is 9. The standard InChI is InChI=1S/C52H33NS/c1-2-14-42(15-3-1)53(43-26-24-35(25-27-43)39-22-18-34-10-4-5-12-38(34)30-39)44-28-29-50-49(33-44)51-48(32-40-13-7-9-17-46(40)52(51)54-50)41-23-21-37-20-19-36-11-6-8-16-45(36)47(37)31-41/h1-33H. The zero-order chi connectivity index (χ0) is 35.6. The predicted molar refractivity (Wildman–Crippen MR) is 235 cm³/mol. The Kier molecular flexibility index (Phi) is 7.11. The molecule has 0 bridgehead atoms. The molecule has 252 valence electrons. The molecule has 0 aliphatic carbocycles. The highest BCUT2D eigenvalue weighted by molar-refractivity contribution is 7.26. The second kappa shape index (κ2) is 12.4. The Morgan fingerprint density at radius 3 is 1.74 bits per heavy atom. The minimum Gasteiger partial charge on any atom is -0.310 e. The highest BCUT2D eigenvalue weighted by atomic mass is 32.1. The summed E-state index contributed by atoms with van der Waals surface area (Å²) in [6, 6.07) is 73.5. The minimum atomic E-state index is 1.12. The Hall–Kier alpha value is -6.74. The fourth-order valence-electron chi connectivity index (χ4n) is 8.33. The number of nitrogens with zero attached hydrogens (tertiary/aromatic N) is 1. The summed E-state index contributed by atoms with van der Waals surface area (Å²) < 4.78 is 2.62. The number of benzene rings is 10. The van der Waals surface area contributed by atoms with Gasteiger partial charge in [0, 0.05) is 37.2 Å². The summed E-state index contributed by atoms with van der Waals surface area (Å²) >= 11 is 1.90. The molecular formula is C52H33NS. The third-order valence-corrected chi connectivity index (χ3v) is 12.2. The molecule has 0 N–H and O–H groups in total. The molecule has 1 nitrogen and oxygen atoms in total. The van der Waals surface area contributed by atoms with Gasteiger partial charge < -0.3 is 4.90 Å². The van der Waals surface area contributed by atoms with E-state index in [1.54, 1.807) is 0 Å². The Morgan fingerprint density at radius 2 is 0.907 bits per heavy atom. The van der Waals surface area contributed by atoms with Gasteiger partial charge in [-0.2, -0.15) is 0 Å². The molecule has 10 aromatic carbocycles. The fourth-order valence-corrected chi connectivity index (χ4v) is 9.58. The lowest BCUT2D eigenvalue weighted by atomic mass is 9.92. The molecule has 0 unspecified atom stereocenters. The number of hydrogen-bond acceptors (Lipinski definition) is 2. The number of anilines is 3. The summed E-state index contributed by atoms with van der Waals surface area (Å²) in [6.07, 6.45) is 0. The molecule has 1 heterocycles. The molecule has 11 rings (SSSR count). The highest BCUT2D eigenvalue weighted by Gasteiger charge is 2.19. The van der Waals surface area contributed by atoms with Crippen LogP contribution in [0.5, 0.6) is 0 Å². The lowest BCUT2D eigenvalue weighted by Crippen LogP contribution is -2.09. The van der Waals surface area contributed by atoms with Gasteiger partial charge in [-0.1, -0.05) is 140 Å². The van der Waals surface area contributed by atoms with Crippen molar-refractivity contribution in [3.63, 3.8) is 0 Å². The molecule has 0 amide bonds. The maximum absolute atomic E-state index is 2.41. The van der Waals surface area contributed by atoms with Gasteiger partial charge in [-0.15, -0.1) is 11.3 Å². The molecule has 0 aliphatic rings. The average Bonchev–Trinajstić information content (AvgIpc) is 3.63. The molecule has 2 heteroatoms. The Labute approximate surface area is 317 Å². The molecule has 1 aromatic heterocycles. The second-order valence-electron chi connectivity index (χ2n) is 14.1. The van der Waals surface area contributed by atoms with Crippen molar-refractivity contribution in [2.24, 2.45) is 0 Å². The van der Waals surface area contributed by atoms with Crippen LogP contribution in [0.4, 0.5) is 17.1 Å². The topological polar surface area (TPSA) is 3.24 Å². The first-order valence-corrected chi connectivity index (χ1v) is 19.3. The first-order valence-electron chi connectivity index (χ1n) is 18.5. The van der Waals surface area contributed by atoms with E-state index < -0.39 is 0 Å². The van der Waals surface area contributed by atoms with Crippen molar-refractivity contribution in [3.05, 3.63) is 200 Å². The van der Waals surface area contributed by atoms with Crippen LogP contribution in [-0.2, 0) is 0 Å². The number of rotatable bonds is 5. The van der Waals surface area contributed by atoms with Crippen molar-refractivity contribution < 1.29 is 0 Å². The van der Waals surface area contributed by atoms with Crippen LogP contribution in [0.15, 0.2) is 200 Å². The summed E-state index contributed by atoms with van der Waals surface area (Å²) in [5.74, 6) is 0. The molecule has 11 aromatic rings. The van der Waals surface area contributed by atoms with Crippen LogP contribution >= 0.6 is 11.3 Å². The van der Waals surface area contributed by atoms with Gasteiger partial charge in [0.1, 0.15) is 0 Å². The van der Waals surface area contributed by atoms with E-state index >= 15 is 0 Å². The van der Waals surface area contributed by atoms with Gasteiger partial charge in [0.05, 0.1) is 0 Å². The number of hydrogen-bond donors (Lipinski definition) is 0. The molecule has 0 saturated heterocycles. The van der Waals surface area contributed by atoms with Crippen molar-refractivity contribution in [2.75, 3.05) is 4.90 Å². The largest absolute Gasteiger partial charge is 0.310 e. The van der Waals surface area contributed by atoms with Gasteiger partial charge in [0.2, 0.25) is 0 Å². The van der Waals surface area contributed by atoms with Crippen LogP contribution in [-0.4, -0.2) is 0 Å². The Bertz CT molecular complexity index is 3210. The molecule has 0 spiro atoms. The molecule has 0 radical (unpaired) electrons. The maximum Gasteiger partial charge on any atom is 0.0468 e. The SMILES string of the molecule is c1ccc(N(c2ccc(-c3ccc4ccccc4c3)cc2)c2ccc3sc4c5ccccc5cc(-c5ccc6ccc7ccccc7c6c5)c4c3c2)cc1. The molecule has 54 heavy (non-hydrogen) atoms. The van der Waals surface area contributed by atoms with E-state index in [-0.39, 0.29) is 0 Å². The molecule has 0 fully saturated rings. The van der Waals surface area contributed by atoms with Gasteiger partial charge in [0.15, 0.2) is 0 Å². The zero-order valence-electron chi connectivity index (χ0n) is 29.4. The first kappa shape index (κ1) is 30.8. The van der Waals surface area contributed by atoms with Crippen molar-refractivity contribution in [3.8, 4) is 22.3 Å². The number of para-hydroxylation sites is 1. The van der Waals surface area contributed by atoms with E-state index in [0.717, 1.165) is 17.1 Å². The van der Waals surface area contributed by atoms with E-state index in [9.17, 15) is 0 Å². The lowest BCUT2D eigenvalue weighted by molar-refractivity contribution is 1.29. The van der Waals surface area contributed by atoms with Gasteiger partial charge in [0.25, 0.3) is 0 Å². The van der Waals surface area contributed by atoms with Gasteiger partial charge in [-0.25, -0.2) is 0 Å². The summed E-state index contributed by atoms with van der Waals surface area (Å²) in [5.41, 5.74) is 8.32. The molecule has 0 saturated carbocycles. The summed E-state index contributed by atoms with van der Waals surface area (Å²) in [5, 5.41) is 12.8. The monoisotopic (exact) mass is 703 g/mol. The van der Waals surface area contributed by atoms with E-state index in [4.69, 9.17) is 0 Å². The molecular weight excluding hydrogens is 671 g/mol. The predicted octanol–water partition coefficient (Wildman–Crippen LogP) is 15.5. The fraction of sp³-hybridized carbons (Fsp3) is 0. The van der Waals surface area contributed by atoms with E-state index in [2.05, 4.69) is 205 Å². The minimum absolute atomic E-state index is 1.12. The zero-order valence-corrected chi connectivity index (χ0v) is 30.2. The molecule has 0 aliphatic heterocycles. The molecule has 0 atom stereocenters. The summed E-state index contributed by atoms with van der Waals surface area (Å²) in [7, 11) is 0. The number of thiophene rings is 1. The van der Waals surface area contributed by atoms with Gasteiger partial charge >= 0.3 is 0 Å². The van der Waals surface area contributed by atoms with Crippen LogP contribution < -0.4 is 4.90 Å². The van der Waals surface area contributed by atoms with Crippen LogP contribution in [0.3, 0.4) is 0 Å². The Morgan fingerprint density at radius 1 is 0.315 bits per heavy atom. The smallest absolute Gasteiger partial charge is 0.0468 e. The van der Waals surface area contributed by atoms with E-state index in [0.29, 0.717) is 0 Å². The van der Waals surface area contributed by atoms with Crippen molar-refractivity contribution in [1.29, 1.82) is 0 Å². The van der Waals surface area contributed by atoms with E-state index in [1.807, 2.05) is 11.3 Å². The Balaban J connectivity index is 1.10. The van der Waals surface area contributed by atoms with Crippen LogP contribution in [0, 0.1) is 0 Å². The first-order chi connectivity index (χ1) is 26.7. The van der Waals surface area contributed by atoms with Crippen molar-refractivity contribution in [2.45, 2.75) is 0 Å². The third-order valence-electron chi connectivity index (χ3n) is 11.0. The van der Waals surface area contributed by atoms with Crippen molar-refractivity contribution in [1.82, 2.24) is 0 Å².